The number of aromatic amines is 1. The fourth-order valence-electron chi connectivity index (χ4n) is 3.65. The van der Waals surface area contributed by atoms with E-state index in [1.165, 1.54) is 29.5 Å². The molecule has 4 aromatic rings. The maximum atomic E-state index is 13.1. The van der Waals surface area contributed by atoms with Crippen molar-refractivity contribution in [1.29, 1.82) is 0 Å². The molecule has 1 fully saturated rings. The van der Waals surface area contributed by atoms with Crippen molar-refractivity contribution in [3.8, 4) is 11.3 Å². The molecule has 0 amide bonds. The Kier molecular flexibility index (Phi) is 4.27. The number of fused-ring (bicyclic) bond motifs is 1. The van der Waals surface area contributed by atoms with Gasteiger partial charge in [0.05, 0.1) is 17.9 Å². The van der Waals surface area contributed by atoms with Gasteiger partial charge in [-0.15, -0.1) is 5.10 Å². The molecule has 1 N–H and O–H groups in total. The quantitative estimate of drug-likeness (QED) is 0.558. The number of rotatable bonds is 3. The molecule has 5 rings (SSSR count). The van der Waals surface area contributed by atoms with Crippen LogP contribution in [-0.2, 0) is 0 Å². The van der Waals surface area contributed by atoms with Crippen LogP contribution in [0.25, 0.3) is 16.2 Å². The number of benzene rings is 1. The zero-order valence-corrected chi connectivity index (χ0v) is 16.1. The van der Waals surface area contributed by atoms with Crippen molar-refractivity contribution in [3.05, 3.63) is 69.4 Å². The molecular weight excluding hydrogens is 395 g/mol. The number of halogens is 1. The summed E-state index contributed by atoms with van der Waals surface area (Å²) < 4.78 is 16.4. The number of nitrogens with one attached hydrogen (secondary N) is 1. The molecule has 0 saturated carbocycles. The molecule has 8 nitrogen and oxygen atoms in total. The van der Waals surface area contributed by atoms with Gasteiger partial charge in [0, 0.05) is 30.9 Å². The van der Waals surface area contributed by atoms with E-state index in [1.54, 1.807) is 27.4 Å². The largest absolute Gasteiger partial charge is 0.345 e. The molecule has 0 radical (unpaired) electrons. The van der Waals surface area contributed by atoms with Crippen molar-refractivity contribution in [3.63, 3.8) is 0 Å². The number of imidazole rings is 1. The van der Waals surface area contributed by atoms with E-state index in [4.69, 9.17) is 0 Å². The van der Waals surface area contributed by atoms with Crippen LogP contribution in [0.2, 0.25) is 0 Å². The zero-order valence-electron chi connectivity index (χ0n) is 15.3. The summed E-state index contributed by atoms with van der Waals surface area (Å²) >= 11 is 1.47. The number of aromatic nitrogens is 5. The van der Waals surface area contributed by atoms with Crippen LogP contribution in [0.4, 0.5) is 9.52 Å². The van der Waals surface area contributed by atoms with Gasteiger partial charge in [0.25, 0.3) is 5.56 Å². The highest BCUT2D eigenvalue weighted by atomic mass is 32.1. The fraction of sp³-hybridized carbons (Fsp3) is 0.263. The van der Waals surface area contributed by atoms with Gasteiger partial charge >= 0.3 is 5.69 Å². The third kappa shape index (κ3) is 3.35. The lowest BCUT2D eigenvalue weighted by Crippen LogP contribution is -2.41. The van der Waals surface area contributed by atoms with E-state index in [-0.39, 0.29) is 17.5 Å². The Morgan fingerprint density at radius 1 is 1.17 bits per heavy atom. The molecule has 29 heavy (non-hydrogen) atoms. The summed E-state index contributed by atoms with van der Waals surface area (Å²) in [4.78, 5) is 33.2. The van der Waals surface area contributed by atoms with Gasteiger partial charge in [0.1, 0.15) is 5.82 Å². The molecule has 3 aromatic heterocycles. The number of nitrogens with zero attached hydrogens (tertiary/aromatic N) is 5. The fourth-order valence-corrected chi connectivity index (χ4v) is 4.57. The standard InChI is InChI=1S/C19H17FN6O2S/c20-13-5-3-12(4-6-13)15-11-26-18(21-15)29-19(23-26)24-8-1-2-14(10-24)25-9-7-16(27)22-17(25)28/h3-7,9,11,14H,1-2,8,10H2,(H,22,27,28). The second-order valence-electron chi connectivity index (χ2n) is 7.00. The molecule has 0 spiro atoms. The van der Waals surface area contributed by atoms with Gasteiger partial charge in [0.2, 0.25) is 10.1 Å². The topological polar surface area (TPSA) is 88.3 Å². The van der Waals surface area contributed by atoms with Crippen LogP contribution in [0.15, 0.2) is 52.3 Å². The van der Waals surface area contributed by atoms with E-state index in [0.717, 1.165) is 40.7 Å². The van der Waals surface area contributed by atoms with E-state index in [1.807, 2.05) is 6.20 Å². The lowest BCUT2D eigenvalue weighted by molar-refractivity contribution is 0.390. The van der Waals surface area contributed by atoms with Crippen molar-refractivity contribution in [2.45, 2.75) is 18.9 Å². The monoisotopic (exact) mass is 412 g/mol. The average molecular weight is 412 g/mol. The van der Waals surface area contributed by atoms with E-state index >= 15 is 0 Å². The van der Waals surface area contributed by atoms with Crippen LogP contribution < -0.4 is 16.1 Å². The Balaban J connectivity index is 1.40. The molecule has 1 atom stereocenters. The zero-order chi connectivity index (χ0) is 20.0. The Labute approximate surface area is 167 Å². The van der Waals surface area contributed by atoms with E-state index in [2.05, 4.69) is 20.0 Å². The normalized spacial score (nSPS) is 17.1. The van der Waals surface area contributed by atoms with Crippen LogP contribution >= 0.6 is 11.3 Å². The van der Waals surface area contributed by atoms with Crippen molar-refractivity contribution < 1.29 is 4.39 Å². The second kappa shape index (κ2) is 6.96. The Morgan fingerprint density at radius 3 is 2.76 bits per heavy atom. The van der Waals surface area contributed by atoms with Crippen molar-refractivity contribution in [1.82, 2.24) is 24.1 Å². The summed E-state index contributed by atoms with van der Waals surface area (Å²) in [6.07, 6.45) is 5.16. The van der Waals surface area contributed by atoms with Gasteiger partial charge < -0.3 is 4.90 Å². The highest BCUT2D eigenvalue weighted by molar-refractivity contribution is 7.20. The third-order valence-corrected chi connectivity index (χ3v) is 6.07. The van der Waals surface area contributed by atoms with Gasteiger partial charge in [-0.05, 0) is 37.1 Å². The predicted molar refractivity (Wildman–Crippen MR) is 108 cm³/mol. The lowest BCUT2D eigenvalue weighted by atomic mass is 10.1. The summed E-state index contributed by atoms with van der Waals surface area (Å²) in [7, 11) is 0. The molecule has 1 aliphatic heterocycles. The first-order valence-electron chi connectivity index (χ1n) is 9.25. The molecule has 1 saturated heterocycles. The summed E-state index contributed by atoms with van der Waals surface area (Å²) in [6.45, 7) is 1.48. The minimum Gasteiger partial charge on any atom is -0.345 e. The smallest absolute Gasteiger partial charge is 0.328 e. The number of piperidine rings is 1. The molecule has 10 heteroatoms. The van der Waals surface area contributed by atoms with E-state index in [9.17, 15) is 14.0 Å². The minimum atomic E-state index is -0.392. The first-order valence-corrected chi connectivity index (χ1v) is 10.1. The first kappa shape index (κ1) is 17.8. The molecule has 4 heterocycles. The predicted octanol–water partition coefficient (Wildman–Crippen LogP) is 2.29. The maximum absolute atomic E-state index is 13.1. The van der Waals surface area contributed by atoms with Crippen molar-refractivity contribution >= 4 is 21.4 Å². The van der Waals surface area contributed by atoms with Gasteiger partial charge in [-0.1, -0.05) is 11.3 Å². The van der Waals surface area contributed by atoms with Gasteiger partial charge in [-0.2, -0.15) is 0 Å². The van der Waals surface area contributed by atoms with E-state index in [0.29, 0.717) is 6.54 Å². The SMILES string of the molecule is O=c1ccn(C2CCCN(c3nn4cc(-c5ccc(F)cc5)nc4s3)C2)c(=O)[nH]1. The van der Waals surface area contributed by atoms with Crippen LogP contribution in [0.1, 0.15) is 18.9 Å². The second-order valence-corrected chi connectivity index (χ2v) is 7.94. The molecular formula is C19H17FN6O2S. The van der Waals surface area contributed by atoms with Crippen LogP contribution in [0, 0.1) is 5.82 Å². The number of hydrogen-bond acceptors (Lipinski definition) is 6. The van der Waals surface area contributed by atoms with Crippen LogP contribution in [0.5, 0.6) is 0 Å². The number of hydrogen-bond donors (Lipinski definition) is 1. The minimum absolute atomic E-state index is 0.0286. The number of H-pyrrole nitrogens is 1. The molecule has 0 bridgehead atoms. The summed E-state index contributed by atoms with van der Waals surface area (Å²) in [5, 5.41) is 5.48. The highest BCUT2D eigenvalue weighted by Crippen LogP contribution is 2.30. The van der Waals surface area contributed by atoms with Crippen molar-refractivity contribution in [2.24, 2.45) is 0 Å². The van der Waals surface area contributed by atoms with Gasteiger partial charge in [-0.3, -0.25) is 14.3 Å². The van der Waals surface area contributed by atoms with Gasteiger partial charge in [-0.25, -0.2) is 18.7 Å². The summed E-state index contributed by atoms with van der Waals surface area (Å²) in [6, 6.07) is 7.55. The Bertz CT molecular complexity index is 1260. The molecule has 148 valence electrons. The Hall–Kier alpha value is -3.27. The average Bonchev–Trinajstić information content (AvgIpc) is 3.28. The molecule has 0 aliphatic carbocycles. The Morgan fingerprint density at radius 2 is 2.00 bits per heavy atom. The van der Waals surface area contributed by atoms with Crippen LogP contribution in [-0.4, -0.2) is 37.2 Å². The van der Waals surface area contributed by atoms with Crippen LogP contribution in [0.3, 0.4) is 0 Å². The molecule has 1 aliphatic rings. The molecule has 1 unspecified atom stereocenters. The van der Waals surface area contributed by atoms with E-state index < -0.39 is 5.56 Å². The third-order valence-electron chi connectivity index (χ3n) is 5.08. The van der Waals surface area contributed by atoms with Gasteiger partial charge in [0.15, 0.2) is 0 Å². The maximum Gasteiger partial charge on any atom is 0.328 e. The number of anilines is 1. The highest BCUT2D eigenvalue weighted by Gasteiger charge is 2.25. The summed E-state index contributed by atoms with van der Waals surface area (Å²) in [5.41, 5.74) is 0.798. The first-order chi connectivity index (χ1) is 14.1. The summed E-state index contributed by atoms with van der Waals surface area (Å²) in [5.74, 6) is -0.281. The molecule has 1 aromatic carbocycles. The van der Waals surface area contributed by atoms with Crippen molar-refractivity contribution in [2.75, 3.05) is 18.0 Å². The lowest BCUT2D eigenvalue weighted by Gasteiger charge is -2.32.